The van der Waals surface area contributed by atoms with Crippen LogP contribution >= 0.6 is 0 Å². The molecule has 0 aromatic carbocycles. The molecule has 1 aromatic heterocycles. The third kappa shape index (κ3) is 2.28. The van der Waals surface area contributed by atoms with Gasteiger partial charge in [-0.25, -0.2) is 4.98 Å². The van der Waals surface area contributed by atoms with Crippen molar-refractivity contribution in [3.05, 3.63) is 27.9 Å². The lowest BCUT2D eigenvalue weighted by Gasteiger charge is -2.22. The fraction of sp³-hybridized carbons (Fsp3) is 0.583. The monoisotopic (exact) mass is 250 g/mol. The van der Waals surface area contributed by atoms with Crippen molar-refractivity contribution in [1.29, 1.82) is 0 Å². The van der Waals surface area contributed by atoms with Crippen LogP contribution in [-0.2, 0) is 0 Å². The van der Waals surface area contributed by atoms with Crippen LogP contribution in [0.1, 0.15) is 18.9 Å². The van der Waals surface area contributed by atoms with E-state index in [9.17, 15) is 10.1 Å². The second-order valence-electron chi connectivity index (χ2n) is 4.95. The minimum atomic E-state index is -0.363. The average molecular weight is 250 g/mol. The van der Waals surface area contributed by atoms with Crippen molar-refractivity contribution in [2.45, 2.75) is 26.3 Å². The summed E-state index contributed by atoms with van der Waals surface area (Å²) in [5.74, 6) is 0.858. The molecule has 0 aliphatic carbocycles. The van der Waals surface area contributed by atoms with Crippen molar-refractivity contribution in [2.75, 3.05) is 18.0 Å². The zero-order chi connectivity index (χ0) is 13.3. The Balaban J connectivity index is 2.36. The van der Waals surface area contributed by atoms with Gasteiger partial charge in [-0.05, 0) is 38.3 Å². The minimum absolute atomic E-state index is 0.0829. The van der Waals surface area contributed by atoms with Gasteiger partial charge < -0.3 is 10.6 Å². The van der Waals surface area contributed by atoms with Crippen molar-refractivity contribution in [2.24, 2.45) is 11.7 Å². The highest BCUT2D eigenvalue weighted by Crippen LogP contribution is 2.33. The van der Waals surface area contributed by atoms with Crippen LogP contribution in [0, 0.1) is 23.0 Å². The third-order valence-electron chi connectivity index (χ3n) is 3.45. The molecule has 6 nitrogen and oxygen atoms in total. The van der Waals surface area contributed by atoms with Crippen molar-refractivity contribution in [3.8, 4) is 0 Å². The van der Waals surface area contributed by atoms with Crippen LogP contribution in [0.4, 0.5) is 11.5 Å². The van der Waals surface area contributed by atoms with Gasteiger partial charge in [0.1, 0.15) is 0 Å². The smallest absolute Gasteiger partial charge is 0.311 e. The van der Waals surface area contributed by atoms with Crippen molar-refractivity contribution < 1.29 is 4.92 Å². The summed E-state index contributed by atoms with van der Waals surface area (Å²) in [5, 5.41) is 11.1. The maximum Gasteiger partial charge on any atom is 0.311 e. The van der Waals surface area contributed by atoms with E-state index in [2.05, 4.69) is 11.9 Å². The molecule has 2 N–H and O–H groups in total. The summed E-state index contributed by atoms with van der Waals surface area (Å²) in [6.07, 6.45) is 2.63. The molecule has 18 heavy (non-hydrogen) atoms. The fourth-order valence-electron chi connectivity index (χ4n) is 2.51. The van der Waals surface area contributed by atoms with E-state index in [4.69, 9.17) is 5.73 Å². The summed E-state index contributed by atoms with van der Waals surface area (Å²) >= 11 is 0. The first-order chi connectivity index (χ1) is 8.52. The van der Waals surface area contributed by atoms with E-state index < -0.39 is 0 Å². The molecular weight excluding hydrogens is 232 g/mol. The van der Waals surface area contributed by atoms with Gasteiger partial charge >= 0.3 is 5.69 Å². The summed E-state index contributed by atoms with van der Waals surface area (Å²) in [4.78, 5) is 17.0. The topological polar surface area (TPSA) is 85.3 Å². The molecular formula is C12H18N4O2. The summed E-state index contributed by atoms with van der Waals surface area (Å²) in [6, 6.07) is 1.82. The summed E-state index contributed by atoms with van der Waals surface area (Å²) in [5.41, 5.74) is 6.56. The molecule has 6 heteroatoms. The number of nitro groups is 1. The lowest BCUT2D eigenvalue weighted by Crippen LogP contribution is -2.29. The van der Waals surface area contributed by atoms with Gasteiger partial charge in [0, 0.05) is 24.8 Å². The number of nitrogens with zero attached hydrogens (tertiary/aromatic N) is 3. The molecule has 98 valence electrons. The molecule has 0 amide bonds. The highest BCUT2D eigenvalue weighted by atomic mass is 16.6. The van der Waals surface area contributed by atoms with Crippen LogP contribution in [0.15, 0.2) is 12.3 Å². The van der Waals surface area contributed by atoms with Crippen LogP contribution in [0.25, 0.3) is 0 Å². The molecule has 0 spiro atoms. The molecule has 2 heterocycles. The zero-order valence-electron chi connectivity index (χ0n) is 10.7. The van der Waals surface area contributed by atoms with Gasteiger partial charge in [-0.1, -0.05) is 0 Å². The highest BCUT2D eigenvalue weighted by Gasteiger charge is 2.33. The number of hydrogen-bond donors (Lipinski definition) is 1. The van der Waals surface area contributed by atoms with Gasteiger partial charge in [-0.3, -0.25) is 10.1 Å². The van der Waals surface area contributed by atoms with Crippen molar-refractivity contribution in [3.63, 3.8) is 0 Å². The molecule has 2 unspecified atom stereocenters. The Morgan fingerprint density at radius 1 is 1.67 bits per heavy atom. The van der Waals surface area contributed by atoms with Gasteiger partial charge in [-0.2, -0.15) is 0 Å². The van der Waals surface area contributed by atoms with Crippen LogP contribution in [0.2, 0.25) is 0 Å². The maximum absolute atomic E-state index is 11.1. The number of aryl methyl sites for hydroxylation is 1. The second-order valence-corrected chi connectivity index (χ2v) is 4.95. The lowest BCUT2D eigenvalue weighted by atomic mass is 10.1. The number of nitrogens with two attached hydrogens (primary N) is 1. The lowest BCUT2D eigenvalue weighted by molar-refractivity contribution is -0.384. The van der Waals surface area contributed by atoms with E-state index in [1.165, 1.54) is 0 Å². The Morgan fingerprint density at radius 2 is 2.39 bits per heavy atom. The molecule has 2 atom stereocenters. The van der Waals surface area contributed by atoms with Crippen LogP contribution in [-0.4, -0.2) is 29.0 Å². The summed E-state index contributed by atoms with van der Waals surface area (Å²) in [7, 11) is 0. The number of pyridine rings is 1. The third-order valence-corrected chi connectivity index (χ3v) is 3.45. The summed E-state index contributed by atoms with van der Waals surface area (Å²) < 4.78 is 0. The van der Waals surface area contributed by atoms with Crippen molar-refractivity contribution >= 4 is 11.5 Å². The average Bonchev–Trinajstić information content (AvgIpc) is 2.70. The van der Waals surface area contributed by atoms with E-state index in [-0.39, 0.29) is 16.7 Å². The molecule has 0 saturated carbocycles. The largest absolute Gasteiger partial charge is 0.348 e. The molecule has 1 aliphatic rings. The number of hydrogen-bond acceptors (Lipinski definition) is 5. The Kier molecular flexibility index (Phi) is 3.47. The number of anilines is 1. The predicted molar refractivity (Wildman–Crippen MR) is 69.6 cm³/mol. The van der Waals surface area contributed by atoms with E-state index in [0.717, 1.165) is 18.5 Å². The van der Waals surface area contributed by atoms with E-state index in [1.54, 1.807) is 19.2 Å². The maximum atomic E-state index is 11.1. The van der Waals surface area contributed by atoms with Crippen LogP contribution < -0.4 is 10.6 Å². The Labute approximate surface area is 106 Å². The van der Waals surface area contributed by atoms with Crippen LogP contribution in [0.3, 0.4) is 0 Å². The van der Waals surface area contributed by atoms with Gasteiger partial charge in [0.2, 0.25) is 5.82 Å². The van der Waals surface area contributed by atoms with E-state index >= 15 is 0 Å². The molecule has 1 aliphatic heterocycles. The minimum Gasteiger partial charge on any atom is -0.348 e. The fourth-order valence-corrected chi connectivity index (χ4v) is 2.51. The summed E-state index contributed by atoms with van der Waals surface area (Å²) in [6.45, 7) is 5.22. The normalized spacial score (nSPS) is 23.4. The van der Waals surface area contributed by atoms with Gasteiger partial charge in [-0.15, -0.1) is 0 Å². The SMILES string of the molecule is Cc1cnc(N2CC(CN)CC2C)c([N+](=O)[O-])c1. The zero-order valence-corrected chi connectivity index (χ0v) is 10.7. The first kappa shape index (κ1) is 12.8. The Hall–Kier alpha value is -1.69. The van der Waals surface area contributed by atoms with E-state index in [1.807, 2.05) is 4.90 Å². The number of rotatable bonds is 3. The standard InChI is InChI=1S/C12H18N4O2/c1-8-3-11(16(17)18)12(14-6-8)15-7-10(5-13)4-9(15)2/h3,6,9-10H,4-5,7,13H2,1-2H3. The van der Waals surface area contributed by atoms with Gasteiger partial charge in [0.25, 0.3) is 0 Å². The quantitative estimate of drug-likeness (QED) is 0.648. The van der Waals surface area contributed by atoms with Crippen molar-refractivity contribution in [1.82, 2.24) is 4.98 Å². The second kappa shape index (κ2) is 4.89. The molecule has 1 saturated heterocycles. The highest BCUT2D eigenvalue weighted by molar-refractivity contribution is 5.59. The molecule has 0 bridgehead atoms. The Morgan fingerprint density at radius 3 is 2.94 bits per heavy atom. The Bertz CT molecular complexity index is 463. The number of aromatic nitrogens is 1. The molecule has 1 fully saturated rings. The first-order valence-electron chi connectivity index (χ1n) is 6.10. The van der Waals surface area contributed by atoms with Gasteiger partial charge in [0.05, 0.1) is 4.92 Å². The predicted octanol–water partition coefficient (Wildman–Crippen LogP) is 1.47. The molecule has 1 aromatic rings. The van der Waals surface area contributed by atoms with Gasteiger partial charge in [0.15, 0.2) is 0 Å². The van der Waals surface area contributed by atoms with Crippen LogP contribution in [0.5, 0.6) is 0 Å². The first-order valence-corrected chi connectivity index (χ1v) is 6.10. The van der Waals surface area contributed by atoms with E-state index in [0.29, 0.717) is 18.3 Å². The molecule has 2 rings (SSSR count). The molecule has 0 radical (unpaired) electrons.